The number of carbonyl (C=O) groups is 1. The number of pyridine rings is 1. The average molecular weight is 400 g/mol. The molecule has 30 heavy (non-hydrogen) atoms. The number of rotatable bonds is 6. The maximum absolute atomic E-state index is 13.0. The minimum atomic E-state index is -0.110. The molecular formula is C23H20N4O3. The first-order valence-corrected chi connectivity index (χ1v) is 9.82. The highest BCUT2D eigenvalue weighted by molar-refractivity contribution is 6.07. The summed E-state index contributed by atoms with van der Waals surface area (Å²) in [5, 5.41) is 3.86. The van der Waals surface area contributed by atoms with E-state index in [4.69, 9.17) is 14.5 Å². The van der Waals surface area contributed by atoms with Crippen molar-refractivity contribution in [1.82, 2.24) is 19.9 Å². The van der Waals surface area contributed by atoms with Crippen LogP contribution in [0.5, 0.6) is 11.5 Å². The minimum absolute atomic E-state index is 0.110. The van der Waals surface area contributed by atoms with Gasteiger partial charge in [-0.1, -0.05) is 18.2 Å². The summed E-state index contributed by atoms with van der Waals surface area (Å²) < 4.78 is 12.9. The van der Waals surface area contributed by atoms with Gasteiger partial charge in [0.25, 0.3) is 5.91 Å². The number of imidazole rings is 1. The summed E-state index contributed by atoms with van der Waals surface area (Å²) in [6.07, 6.45) is 6.26. The minimum Gasteiger partial charge on any atom is -0.454 e. The predicted octanol–water partition coefficient (Wildman–Crippen LogP) is 3.65. The number of aryl methyl sites for hydroxylation is 1. The molecule has 0 fully saturated rings. The lowest BCUT2D eigenvalue weighted by molar-refractivity contribution is 0.0954. The van der Waals surface area contributed by atoms with Crippen molar-refractivity contribution in [2.75, 3.05) is 13.3 Å². The molecule has 150 valence electrons. The smallest absolute Gasteiger partial charge is 0.252 e. The van der Waals surface area contributed by atoms with Crippen LogP contribution in [-0.2, 0) is 6.54 Å². The maximum Gasteiger partial charge on any atom is 0.252 e. The molecule has 0 spiro atoms. The lowest BCUT2D eigenvalue weighted by Gasteiger charge is -2.11. The fourth-order valence-electron chi connectivity index (χ4n) is 3.54. The SMILES string of the molecule is O=C(NCCCn1ccnc1)c1cc(-c2ccc3c(c2)OCO3)nc2ccccc12. The Bertz CT molecular complexity index is 1200. The molecule has 0 bridgehead atoms. The second-order valence-electron chi connectivity index (χ2n) is 7.05. The summed E-state index contributed by atoms with van der Waals surface area (Å²) in [4.78, 5) is 21.8. The molecule has 0 aliphatic carbocycles. The van der Waals surface area contributed by atoms with E-state index >= 15 is 0 Å². The van der Waals surface area contributed by atoms with Crippen molar-refractivity contribution in [2.24, 2.45) is 0 Å². The summed E-state index contributed by atoms with van der Waals surface area (Å²) >= 11 is 0. The molecule has 4 aromatic rings. The summed E-state index contributed by atoms with van der Waals surface area (Å²) in [6.45, 7) is 1.60. The predicted molar refractivity (Wildman–Crippen MR) is 112 cm³/mol. The normalized spacial score (nSPS) is 12.3. The summed E-state index contributed by atoms with van der Waals surface area (Å²) in [5.41, 5.74) is 2.97. The highest BCUT2D eigenvalue weighted by Gasteiger charge is 2.17. The van der Waals surface area contributed by atoms with E-state index in [0.29, 0.717) is 17.9 Å². The second kappa shape index (κ2) is 7.87. The molecule has 1 amide bonds. The van der Waals surface area contributed by atoms with Gasteiger partial charge in [-0.25, -0.2) is 9.97 Å². The van der Waals surface area contributed by atoms with Crippen LogP contribution >= 0.6 is 0 Å². The molecule has 3 heterocycles. The number of hydrogen-bond acceptors (Lipinski definition) is 5. The fraction of sp³-hybridized carbons (Fsp3) is 0.174. The quantitative estimate of drug-likeness (QED) is 0.500. The second-order valence-corrected chi connectivity index (χ2v) is 7.05. The summed E-state index contributed by atoms with van der Waals surface area (Å²) in [6, 6.07) is 15.2. The van der Waals surface area contributed by atoms with Crippen LogP contribution in [0.25, 0.3) is 22.2 Å². The zero-order chi connectivity index (χ0) is 20.3. The third kappa shape index (κ3) is 3.57. The van der Waals surface area contributed by atoms with Crippen molar-refractivity contribution < 1.29 is 14.3 Å². The molecule has 0 atom stereocenters. The van der Waals surface area contributed by atoms with E-state index in [1.807, 2.05) is 59.3 Å². The van der Waals surface area contributed by atoms with Gasteiger partial charge in [0.15, 0.2) is 11.5 Å². The molecule has 0 saturated heterocycles. The molecule has 0 unspecified atom stereocenters. The fourth-order valence-corrected chi connectivity index (χ4v) is 3.54. The van der Waals surface area contributed by atoms with Crippen LogP contribution in [0.4, 0.5) is 0 Å². The van der Waals surface area contributed by atoms with Gasteiger partial charge in [-0.2, -0.15) is 0 Å². The molecule has 7 nitrogen and oxygen atoms in total. The van der Waals surface area contributed by atoms with Gasteiger partial charge in [0, 0.05) is 36.4 Å². The Morgan fingerprint density at radius 3 is 2.90 bits per heavy atom. The van der Waals surface area contributed by atoms with Gasteiger partial charge in [-0.05, 0) is 36.8 Å². The van der Waals surface area contributed by atoms with Crippen molar-refractivity contribution in [3.63, 3.8) is 0 Å². The van der Waals surface area contributed by atoms with E-state index in [2.05, 4.69) is 10.3 Å². The third-order valence-electron chi connectivity index (χ3n) is 5.07. The number of benzene rings is 2. The van der Waals surface area contributed by atoms with E-state index < -0.39 is 0 Å². The van der Waals surface area contributed by atoms with Crippen molar-refractivity contribution >= 4 is 16.8 Å². The molecule has 0 saturated carbocycles. The Labute approximate surface area is 173 Å². The Hall–Kier alpha value is -3.87. The molecule has 5 rings (SSSR count). The molecule has 2 aromatic carbocycles. The van der Waals surface area contributed by atoms with E-state index in [9.17, 15) is 4.79 Å². The zero-order valence-electron chi connectivity index (χ0n) is 16.2. The van der Waals surface area contributed by atoms with Crippen LogP contribution in [0.2, 0.25) is 0 Å². The molecule has 1 aliphatic rings. The number of aromatic nitrogens is 3. The van der Waals surface area contributed by atoms with Crippen molar-refractivity contribution in [3.8, 4) is 22.8 Å². The monoisotopic (exact) mass is 400 g/mol. The van der Waals surface area contributed by atoms with Crippen molar-refractivity contribution in [3.05, 3.63) is 72.8 Å². The topological polar surface area (TPSA) is 78.3 Å². The number of fused-ring (bicyclic) bond motifs is 2. The van der Waals surface area contributed by atoms with Crippen LogP contribution in [0.1, 0.15) is 16.8 Å². The van der Waals surface area contributed by atoms with E-state index in [1.165, 1.54) is 0 Å². The molecule has 1 N–H and O–H groups in total. The Kier molecular flexibility index (Phi) is 4.77. The van der Waals surface area contributed by atoms with E-state index in [-0.39, 0.29) is 12.7 Å². The number of ether oxygens (including phenoxy) is 2. The van der Waals surface area contributed by atoms with Gasteiger partial charge in [0.2, 0.25) is 6.79 Å². The number of carbonyl (C=O) groups excluding carboxylic acids is 1. The van der Waals surface area contributed by atoms with Crippen LogP contribution in [0, 0.1) is 0 Å². The highest BCUT2D eigenvalue weighted by Crippen LogP contribution is 2.36. The van der Waals surface area contributed by atoms with Crippen LogP contribution < -0.4 is 14.8 Å². The number of nitrogens with zero attached hydrogens (tertiary/aromatic N) is 3. The first-order chi connectivity index (χ1) is 14.8. The third-order valence-corrected chi connectivity index (χ3v) is 5.07. The lowest BCUT2D eigenvalue weighted by Crippen LogP contribution is -2.25. The van der Waals surface area contributed by atoms with Gasteiger partial charge < -0.3 is 19.4 Å². The van der Waals surface area contributed by atoms with Gasteiger partial charge in [-0.15, -0.1) is 0 Å². The Morgan fingerprint density at radius 1 is 1.10 bits per heavy atom. The molecule has 1 aliphatic heterocycles. The maximum atomic E-state index is 13.0. The standard InChI is InChI=1S/C23H20N4O3/c28-23(25-8-3-10-27-11-9-24-14-27)18-13-20(26-19-5-2-1-4-17(18)19)16-6-7-21-22(12-16)30-15-29-21/h1-2,4-7,9,11-14H,3,8,10,15H2,(H,25,28). The number of hydrogen-bond donors (Lipinski definition) is 1. The number of amides is 1. The van der Waals surface area contributed by atoms with Gasteiger partial charge in [0.05, 0.1) is 23.1 Å². The molecular weight excluding hydrogens is 380 g/mol. The highest BCUT2D eigenvalue weighted by atomic mass is 16.7. The number of nitrogens with one attached hydrogen (secondary N) is 1. The zero-order valence-corrected chi connectivity index (χ0v) is 16.2. The molecule has 7 heteroatoms. The average Bonchev–Trinajstić information content (AvgIpc) is 3.47. The van der Waals surface area contributed by atoms with Gasteiger partial charge in [-0.3, -0.25) is 4.79 Å². The van der Waals surface area contributed by atoms with E-state index in [1.54, 1.807) is 12.5 Å². The largest absolute Gasteiger partial charge is 0.454 e. The van der Waals surface area contributed by atoms with Crippen LogP contribution in [-0.4, -0.2) is 33.8 Å². The van der Waals surface area contributed by atoms with Gasteiger partial charge >= 0.3 is 0 Å². The van der Waals surface area contributed by atoms with Crippen LogP contribution in [0.15, 0.2) is 67.3 Å². The Balaban J connectivity index is 1.41. The number of para-hydroxylation sites is 1. The van der Waals surface area contributed by atoms with E-state index in [0.717, 1.165) is 40.9 Å². The van der Waals surface area contributed by atoms with Crippen molar-refractivity contribution in [1.29, 1.82) is 0 Å². The molecule has 2 aromatic heterocycles. The Morgan fingerprint density at radius 2 is 2.00 bits per heavy atom. The summed E-state index contributed by atoms with van der Waals surface area (Å²) in [7, 11) is 0. The first-order valence-electron chi connectivity index (χ1n) is 9.82. The molecule has 0 radical (unpaired) electrons. The lowest BCUT2D eigenvalue weighted by atomic mass is 10.0. The van der Waals surface area contributed by atoms with Crippen LogP contribution in [0.3, 0.4) is 0 Å². The first kappa shape index (κ1) is 18.2. The summed E-state index contributed by atoms with van der Waals surface area (Å²) in [5.74, 6) is 1.30. The van der Waals surface area contributed by atoms with Gasteiger partial charge in [0.1, 0.15) is 0 Å². The van der Waals surface area contributed by atoms with Crippen molar-refractivity contribution in [2.45, 2.75) is 13.0 Å².